The number of amides is 2. The normalized spacial score (nSPS) is 17.2. The molecule has 162 valence electrons. The molecule has 2 N–H and O–H groups in total. The molecule has 1 fully saturated rings. The lowest BCUT2D eigenvalue weighted by atomic mass is 10.1. The van der Waals surface area contributed by atoms with Crippen molar-refractivity contribution in [3.05, 3.63) is 29.3 Å². The Bertz CT molecular complexity index is 815. The van der Waals surface area contributed by atoms with Crippen molar-refractivity contribution in [3.8, 4) is 0 Å². The van der Waals surface area contributed by atoms with Gasteiger partial charge in [0.2, 0.25) is 21.8 Å². The summed E-state index contributed by atoms with van der Waals surface area (Å²) in [4.78, 5) is 26.4. The molecule has 10 heteroatoms. The average molecular weight is 446 g/mol. The van der Waals surface area contributed by atoms with Gasteiger partial charge in [0.15, 0.2) is 0 Å². The molecule has 0 radical (unpaired) electrons. The van der Waals surface area contributed by atoms with E-state index in [0.29, 0.717) is 11.6 Å². The molecule has 29 heavy (non-hydrogen) atoms. The number of carbonyl (C=O) groups excluding carboxylic acids is 2. The maximum atomic E-state index is 12.7. The summed E-state index contributed by atoms with van der Waals surface area (Å²) in [5, 5.41) is 3.22. The van der Waals surface area contributed by atoms with E-state index in [4.69, 9.17) is 16.3 Å². The highest BCUT2D eigenvalue weighted by molar-refractivity contribution is 7.89. The van der Waals surface area contributed by atoms with Crippen molar-refractivity contribution in [1.82, 2.24) is 14.9 Å². The average Bonchev–Trinajstić information content (AvgIpc) is 3.11. The molecule has 8 nitrogen and oxygen atoms in total. The molecule has 1 atom stereocenters. The lowest BCUT2D eigenvalue weighted by molar-refractivity contribution is -0.137. The zero-order chi connectivity index (χ0) is 21.7. The minimum Gasteiger partial charge on any atom is -0.376 e. The number of hydrogen-bond acceptors (Lipinski definition) is 5. The molecule has 1 saturated heterocycles. The number of nitrogens with zero attached hydrogens (tertiary/aromatic N) is 1. The first-order valence-electron chi connectivity index (χ1n) is 9.42. The van der Waals surface area contributed by atoms with Crippen LogP contribution in [-0.4, -0.2) is 63.0 Å². The van der Waals surface area contributed by atoms with Crippen molar-refractivity contribution >= 4 is 33.4 Å². The SMILES string of the molecule is CC(C)(C)NC(=O)CN(CC1CCCO1)C(=O)CNS(=O)(=O)c1ccc(Cl)cc1. The van der Waals surface area contributed by atoms with E-state index in [2.05, 4.69) is 10.0 Å². The summed E-state index contributed by atoms with van der Waals surface area (Å²) < 4.78 is 32.6. The van der Waals surface area contributed by atoms with Gasteiger partial charge in [0, 0.05) is 23.7 Å². The molecular formula is C19H28ClN3O5S. The Hall–Kier alpha value is -1.68. The molecule has 1 aliphatic rings. The third-order valence-electron chi connectivity index (χ3n) is 4.19. The molecule has 0 aromatic heterocycles. The van der Waals surface area contributed by atoms with Crippen LogP contribution in [0.3, 0.4) is 0 Å². The Morgan fingerprint density at radius 3 is 2.45 bits per heavy atom. The van der Waals surface area contributed by atoms with E-state index in [1.54, 1.807) is 0 Å². The van der Waals surface area contributed by atoms with Crippen LogP contribution >= 0.6 is 11.6 Å². The maximum Gasteiger partial charge on any atom is 0.241 e. The van der Waals surface area contributed by atoms with Gasteiger partial charge in [0.1, 0.15) is 0 Å². The number of hydrogen-bond donors (Lipinski definition) is 2. The predicted octanol–water partition coefficient (Wildman–Crippen LogP) is 1.54. The summed E-state index contributed by atoms with van der Waals surface area (Å²) in [6.45, 7) is 5.76. The minimum absolute atomic E-state index is 0.00542. The van der Waals surface area contributed by atoms with Crippen LogP contribution in [0.5, 0.6) is 0 Å². The Labute approximate surface area is 177 Å². The van der Waals surface area contributed by atoms with Crippen LogP contribution in [0.1, 0.15) is 33.6 Å². The first-order valence-corrected chi connectivity index (χ1v) is 11.3. The van der Waals surface area contributed by atoms with Gasteiger partial charge in [-0.15, -0.1) is 0 Å². The monoisotopic (exact) mass is 445 g/mol. The summed E-state index contributed by atoms with van der Waals surface area (Å²) in [7, 11) is -3.88. The van der Waals surface area contributed by atoms with Crippen molar-refractivity contribution in [3.63, 3.8) is 0 Å². The Balaban J connectivity index is 2.03. The summed E-state index contributed by atoms with van der Waals surface area (Å²) in [6, 6.07) is 5.63. The highest BCUT2D eigenvalue weighted by Gasteiger charge is 2.26. The minimum atomic E-state index is -3.88. The molecule has 2 amide bonds. The second-order valence-corrected chi connectivity index (χ2v) is 10.2. The maximum absolute atomic E-state index is 12.7. The van der Waals surface area contributed by atoms with Crippen molar-refractivity contribution in [2.45, 2.75) is 50.2 Å². The predicted molar refractivity (Wildman–Crippen MR) is 110 cm³/mol. The quantitative estimate of drug-likeness (QED) is 0.631. The Morgan fingerprint density at radius 1 is 1.24 bits per heavy atom. The van der Waals surface area contributed by atoms with Gasteiger partial charge in [0.25, 0.3) is 0 Å². The van der Waals surface area contributed by atoms with Gasteiger partial charge in [-0.2, -0.15) is 0 Å². The largest absolute Gasteiger partial charge is 0.376 e. The number of carbonyl (C=O) groups is 2. The molecule has 1 aliphatic heterocycles. The van der Waals surface area contributed by atoms with Gasteiger partial charge in [0.05, 0.1) is 24.1 Å². The smallest absolute Gasteiger partial charge is 0.241 e. The van der Waals surface area contributed by atoms with Crippen LogP contribution in [0.15, 0.2) is 29.2 Å². The number of ether oxygens (including phenoxy) is 1. The number of halogens is 1. The van der Waals surface area contributed by atoms with Crippen molar-refractivity contribution < 1.29 is 22.7 Å². The molecular weight excluding hydrogens is 418 g/mol. The van der Waals surface area contributed by atoms with E-state index in [0.717, 1.165) is 12.8 Å². The fourth-order valence-corrected chi connectivity index (χ4v) is 3.99. The van der Waals surface area contributed by atoms with Gasteiger partial charge in [-0.05, 0) is 57.9 Å². The third kappa shape index (κ3) is 7.93. The summed E-state index contributed by atoms with van der Waals surface area (Å²) >= 11 is 5.78. The van der Waals surface area contributed by atoms with Gasteiger partial charge in [-0.25, -0.2) is 13.1 Å². The van der Waals surface area contributed by atoms with Crippen LogP contribution in [-0.2, 0) is 24.3 Å². The fourth-order valence-electron chi connectivity index (χ4n) is 2.89. The first kappa shape index (κ1) is 23.6. The van der Waals surface area contributed by atoms with Gasteiger partial charge in [-0.3, -0.25) is 9.59 Å². The molecule has 1 heterocycles. The van der Waals surface area contributed by atoms with Crippen molar-refractivity contribution in [2.24, 2.45) is 0 Å². The van der Waals surface area contributed by atoms with E-state index in [1.165, 1.54) is 29.2 Å². The van der Waals surface area contributed by atoms with Gasteiger partial charge in [-0.1, -0.05) is 11.6 Å². The molecule has 1 aromatic rings. The zero-order valence-electron chi connectivity index (χ0n) is 16.9. The highest BCUT2D eigenvalue weighted by atomic mass is 35.5. The number of sulfonamides is 1. The van der Waals surface area contributed by atoms with E-state index in [-0.39, 0.29) is 30.0 Å². The van der Waals surface area contributed by atoms with E-state index in [9.17, 15) is 18.0 Å². The molecule has 2 rings (SSSR count). The highest BCUT2D eigenvalue weighted by Crippen LogP contribution is 2.15. The summed E-state index contributed by atoms with van der Waals surface area (Å²) in [5.41, 5.74) is -0.439. The van der Waals surface area contributed by atoms with E-state index >= 15 is 0 Å². The van der Waals surface area contributed by atoms with Crippen LogP contribution in [0.4, 0.5) is 0 Å². The van der Waals surface area contributed by atoms with Crippen LogP contribution in [0.2, 0.25) is 5.02 Å². The van der Waals surface area contributed by atoms with Crippen LogP contribution in [0, 0.1) is 0 Å². The molecule has 0 bridgehead atoms. The molecule has 1 aromatic carbocycles. The third-order valence-corrected chi connectivity index (χ3v) is 5.86. The Morgan fingerprint density at radius 2 is 1.90 bits per heavy atom. The second-order valence-electron chi connectivity index (χ2n) is 7.99. The number of benzene rings is 1. The van der Waals surface area contributed by atoms with Gasteiger partial charge < -0.3 is 15.0 Å². The fraction of sp³-hybridized carbons (Fsp3) is 0.579. The van der Waals surface area contributed by atoms with E-state index in [1.807, 2.05) is 20.8 Å². The summed E-state index contributed by atoms with van der Waals surface area (Å²) in [6.07, 6.45) is 1.53. The number of rotatable bonds is 8. The molecule has 1 unspecified atom stereocenters. The van der Waals surface area contributed by atoms with E-state index < -0.39 is 28.0 Å². The standard InChI is InChI=1S/C19H28ClN3O5S/c1-19(2,3)22-17(24)13-23(12-15-5-4-10-28-15)18(25)11-21-29(26,27)16-8-6-14(20)7-9-16/h6-9,15,21H,4-5,10-13H2,1-3H3,(H,22,24). The number of nitrogens with one attached hydrogen (secondary N) is 2. The van der Waals surface area contributed by atoms with Crippen molar-refractivity contribution in [2.75, 3.05) is 26.2 Å². The lowest BCUT2D eigenvalue weighted by Crippen LogP contribution is -2.50. The second kappa shape index (κ2) is 9.88. The van der Waals surface area contributed by atoms with Crippen molar-refractivity contribution in [1.29, 1.82) is 0 Å². The van der Waals surface area contributed by atoms with Crippen LogP contribution in [0.25, 0.3) is 0 Å². The molecule has 0 saturated carbocycles. The summed E-state index contributed by atoms with van der Waals surface area (Å²) in [5.74, 6) is -0.813. The first-order chi connectivity index (χ1) is 13.5. The lowest BCUT2D eigenvalue weighted by Gasteiger charge is -2.27. The zero-order valence-corrected chi connectivity index (χ0v) is 18.5. The van der Waals surface area contributed by atoms with Gasteiger partial charge >= 0.3 is 0 Å². The molecule has 0 aliphatic carbocycles. The topological polar surface area (TPSA) is 105 Å². The molecule has 0 spiro atoms. The van der Waals surface area contributed by atoms with Crippen LogP contribution < -0.4 is 10.0 Å². The Kier molecular flexibility index (Phi) is 8.04.